The molecule has 0 aliphatic rings. The number of hydrogen-bond acceptors (Lipinski definition) is 4. The first-order valence-electron chi connectivity index (χ1n) is 9.70. The Morgan fingerprint density at radius 1 is 0.938 bits per heavy atom. The summed E-state index contributed by atoms with van der Waals surface area (Å²) in [6.07, 6.45) is -5.27. The van der Waals surface area contributed by atoms with Gasteiger partial charge in [0.25, 0.3) is 11.8 Å². The summed E-state index contributed by atoms with van der Waals surface area (Å²) in [4.78, 5) is 24.4. The van der Waals surface area contributed by atoms with E-state index >= 15 is 0 Å². The van der Waals surface area contributed by atoms with E-state index in [1.165, 1.54) is 24.3 Å². The van der Waals surface area contributed by atoms with Gasteiger partial charge in [0.05, 0.1) is 6.61 Å². The SMILES string of the molecule is CC(Oc1ccc2ccccc2c1)C(=O)NNC(=O)c1ccc(COCC(F)(F)F)cc1. The zero-order valence-corrected chi connectivity index (χ0v) is 17.1. The van der Waals surface area contributed by atoms with E-state index in [2.05, 4.69) is 15.6 Å². The van der Waals surface area contributed by atoms with Crippen LogP contribution in [0.3, 0.4) is 0 Å². The van der Waals surface area contributed by atoms with E-state index in [0.29, 0.717) is 11.3 Å². The Kier molecular flexibility index (Phi) is 7.32. The van der Waals surface area contributed by atoms with Gasteiger partial charge in [-0.3, -0.25) is 20.4 Å². The van der Waals surface area contributed by atoms with Gasteiger partial charge in [-0.25, -0.2) is 0 Å². The second kappa shape index (κ2) is 10.1. The van der Waals surface area contributed by atoms with Crippen molar-refractivity contribution in [3.8, 4) is 5.75 Å². The third kappa shape index (κ3) is 6.71. The number of halogens is 3. The molecular formula is C23H21F3N2O4. The van der Waals surface area contributed by atoms with Crippen LogP contribution >= 0.6 is 0 Å². The average Bonchev–Trinajstić information content (AvgIpc) is 2.76. The summed E-state index contributed by atoms with van der Waals surface area (Å²) in [6, 6.07) is 19.0. The molecule has 2 amide bonds. The van der Waals surface area contributed by atoms with Crippen molar-refractivity contribution in [2.24, 2.45) is 0 Å². The topological polar surface area (TPSA) is 76.7 Å². The fraction of sp³-hybridized carbons (Fsp3) is 0.217. The number of alkyl halides is 3. The number of ether oxygens (including phenoxy) is 2. The lowest BCUT2D eigenvalue weighted by Crippen LogP contribution is -2.47. The minimum Gasteiger partial charge on any atom is -0.481 e. The second-order valence-corrected chi connectivity index (χ2v) is 7.02. The predicted molar refractivity (Wildman–Crippen MR) is 112 cm³/mol. The van der Waals surface area contributed by atoms with Gasteiger partial charge in [0.15, 0.2) is 6.10 Å². The molecule has 0 fully saturated rings. The molecule has 168 valence electrons. The number of amides is 2. The van der Waals surface area contributed by atoms with E-state index in [9.17, 15) is 22.8 Å². The molecule has 0 saturated heterocycles. The minimum atomic E-state index is -4.40. The summed E-state index contributed by atoms with van der Waals surface area (Å²) in [6.45, 7) is -0.0328. The van der Waals surface area contributed by atoms with Crippen LogP contribution in [0.4, 0.5) is 13.2 Å². The number of rotatable bonds is 7. The van der Waals surface area contributed by atoms with E-state index in [0.717, 1.165) is 10.8 Å². The molecular weight excluding hydrogens is 425 g/mol. The van der Waals surface area contributed by atoms with Gasteiger partial charge in [0, 0.05) is 5.56 Å². The van der Waals surface area contributed by atoms with Gasteiger partial charge in [-0.15, -0.1) is 0 Å². The number of hydrazine groups is 1. The molecule has 0 aliphatic heterocycles. The van der Waals surface area contributed by atoms with Crippen molar-refractivity contribution in [2.45, 2.75) is 25.8 Å². The van der Waals surface area contributed by atoms with Crippen LogP contribution < -0.4 is 15.6 Å². The minimum absolute atomic E-state index is 0.216. The van der Waals surface area contributed by atoms with Crippen molar-refractivity contribution in [3.63, 3.8) is 0 Å². The van der Waals surface area contributed by atoms with Gasteiger partial charge in [-0.1, -0.05) is 42.5 Å². The standard InChI is InChI=1S/C23H21F3N2O4/c1-15(32-20-11-10-17-4-2-3-5-19(17)12-20)21(29)27-28-22(30)18-8-6-16(7-9-18)13-31-14-23(24,25)26/h2-12,15H,13-14H2,1H3,(H,27,29)(H,28,30). The predicted octanol–water partition coefficient (Wildman–Crippen LogP) is 4.15. The molecule has 3 aromatic carbocycles. The quantitative estimate of drug-likeness (QED) is 0.535. The summed E-state index contributed by atoms with van der Waals surface area (Å²) < 4.78 is 46.5. The van der Waals surface area contributed by atoms with E-state index < -0.39 is 30.7 Å². The van der Waals surface area contributed by atoms with Crippen LogP contribution in [0.1, 0.15) is 22.8 Å². The Morgan fingerprint density at radius 2 is 1.62 bits per heavy atom. The van der Waals surface area contributed by atoms with E-state index in [1.54, 1.807) is 13.0 Å². The highest BCUT2D eigenvalue weighted by Gasteiger charge is 2.27. The van der Waals surface area contributed by atoms with Crippen LogP contribution in [-0.4, -0.2) is 30.7 Å². The Morgan fingerprint density at radius 3 is 2.31 bits per heavy atom. The molecule has 2 N–H and O–H groups in total. The number of carbonyl (C=O) groups excluding carboxylic acids is 2. The molecule has 0 aliphatic carbocycles. The molecule has 1 unspecified atom stereocenters. The fourth-order valence-electron chi connectivity index (χ4n) is 2.83. The number of carbonyl (C=O) groups is 2. The molecule has 0 bridgehead atoms. The summed E-state index contributed by atoms with van der Waals surface area (Å²) >= 11 is 0. The third-order valence-corrected chi connectivity index (χ3v) is 4.45. The summed E-state index contributed by atoms with van der Waals surface area (Å²) in [5.41, 5.74) is 5.26. The molecule has 0 aromatic heterocycles. The van der Waals surface area contributed by atoms with Gasteiger partial charge < -0.3 is 9.47 Å². The molecule has 1 atom stereocenters. The molecule has 0 saturated carbocycles. The first-order chi connectivity index (χ1) is 15.2. The maximum atomic E-state index is 12.2. The lowest BCUT2D eigenvalue weighted by molar-refractivity contribution is -0.176. The largest absolute Gasteiger partial charge is 0.481 e. The van der Waals surface area contributed by atoms with E-state index in [-0.39, 0.29) is 12.2 Å². The molecule has 3 rings (SSSR count). The first kappa shape index (κ1) is 23.1. The highest BCUT2D eigenvalue weighted by atomic mass is 19.4. The van der Waals surface area contributed by atoms with Crippen LogP contribution in [0.2, 0.25) is 0 Å². The van der Waals surface area contributed by atoms with Gasteiger partial charge >= 0.3 is 6.18 Å². The molecule has 6 nitrogen and oxygen atoms in total. The van der Waals surface area contributed by atoms with Crippen molar-refractivity contribution in [1.29, 1.82) is 0 Å². The van der Waals surface area contributed by atoms with Gasteiger partial charge in [-0.2, -0.15) is 13.2 Å². The van der Waals surface area contributed by atoms with Crippen molar-refractivity contribution < 1.29 is 32.2 Å². The van der Waals surface area contributed by atoms with E-state index in [4.69, 9.17) is 4.74 Å². The van der Waals surface area contributed by atoms with Crippen LogP contribution in [0, 0.1) is 0 Å². The molecule has 3 aromatic rings. The number of nitrogens with one attached hydrogen (secondary N) is 2. The molecule has 0 heterocycles. The van der Waals surface area contributed by atoms with Crippen LogP contribution in [0.5, 0.6) is 5.75 Å². The third-order valence-electron chi connectivity index (χ3n) is 4.45. The second-order valence-electron chi connectivity index (χ2n) is 7.02. The van der Waals surface area contributed by atoms with Crippen LogP contribution in [0.15, 0.2) is 66.7 Å². The van der Waals surface area contributed by atoms with E-state index in [1.807, 2.05) is 36.4 Å². The smallest absolute Gasteiger partial charge is 0.411 e. The summed E-state index contributed by atoms with van der Waals surface area (Å²) in [7, 11) is 0. The molecule has 32 heavy (non-hydrogen) atoms. The number of fused-ring (bicyclic) bond motifs is 1. The monoisotopic (exact) mass is 446 g/mol. The number of hydrogen-bond donors (Lipinski definition) is 2. The normalized spacial score (nSPS) is 12.2. The van der Waals surface area contributed by atoms with Gasteiger partial charge in [0.2, 0.25) is 0 Å². The first-order valence-corrected chi connectivity index (χ1v) is 9.70. The Bertz CT molecular complexity index is 1080. The summed E-state index contributed by atoms with van der Waals surface area (Å²) in [5, 5.41) is 2.01. The zero-order chi connectivity index (χ0) is 23.1. The van der Waals surface area contributed by atoms with Crippen molar-refractivity contribution in [1.82, 2.24) is 10.9 Å². The lowest BCUT2D eigenvalue weighted by Gasteiger charge is -2.15. The molecule has 0 spiro atoms. The fourth-order valence-corrected chi connectivity index (χ4v) is 2.83. The van der Waals surface area contributed by atoms with Crippen LogP contribution in [-0.2, 0) is 16.1 Å². The van der Waals surface area contributed by atoms with Crippen molar-refractivity contribution >= 4 is 22.6 Å². The van der Waals surface area contributed by atoms with Crippen LogP contribution in [0.25, 0.3) is 10.8 Å². The highest BCUT2D eigenvalue weighted by Crippen LogP contribution is 2.21. The lowest BCUT2D eigenvalue weighted by atomic mass is 10.1. The summed E-state index contributed by atoms with van der Waals surface area (Å²) in [5.74, 6) is -0.622. The Labute approximate surface area is 182 Å². The van der Waals surface area contributed by atoms with Gasteiger partial charge in [-0.05, 0) is 47.5 Å². The van der Waals surface area contributed by atoms with Gasteiger partial charge in [0.1, 0.15) is 12.4 Å². The Hall–Kier alpha value is -3.59. The average molecular weight is 446 g/mol. The Balaban J connectivity index is 1.47. The molecule has 9 heteroatoms. The zero-order valence-electron chi connectivity index (χ0n) is 17.1. The maximum absolute atomic E-state index is 12.2. The van der Waals surface area contributed by atoms with Crippen molar-refractivity contribution in [2.75, 3.05) is 6.61 Å². The highest BCUT2D eigenvalue weighted by molar-refractivity contribution is 5.95. The molecule has 0 radical (unpaired) electrons. The number of benzene rings is 3. The van der Waals surface area contributed by atoms with Crippen molar-refractivity contribution in [3.05, 3.63) is 77.9 Å². The maximum Gasteiger partial charge on any atom is 0.411 e.